The van der Waals surface area contributed by atoms with Crippen LogP contribution < -0.4 is 4.74 Å². The lowest BCUT2D eigenvalue weighted by Crippen LogP contribution is -2.15. The molecule has 1 unspecified atom stereocenters. The van der Waals surface area contributed by atoms with E-state index in [2.05, 4.69) is 4.74 Å². The van der Waals surface area contributed by atoms with E-state index in [0.29, 0.717) is 12.1 Å². The molecule has 10 heteroatoms. The van der Waals surface area contributed by atoms with Gasteiger partial charge in [-0.05, 0) is 6.07 Å². The number of aliphatic hydroxyl groups excluding tert-OH is 1. The molecule has 7 nitrogen and oxygen atoms in total. The van der Waals surface area contributed by atoms with Gasteiger partial charge in [-0.25, -0.2) is 4.79 Å². The van der Waals surface area contributed by atoms with Gasteiger partial charge in [-0.2, -0.15) is 13.2 Å². The minimum atomic E-state index is -3.55. The minimum absolute atomic E-state index is 0.537. The van der Waals surface area contributed by atoms with E-state index in [4.69, 9.17) is 5.11 Å². The Hall–Kier alpha value is -2.36. The molecular weight excluding hydrogens is 275 g/mol. The molecular formula is C9H6F3NO6. The van der Waals surface area contributed by atoms with E-state index in [1.807, 2.05) is 0 Å². The van der Waals surface area contributed by atoms with Crippen molar-refractivity contribution in [2.24, 2.45) is 0 Å². The third-order valence-corrected chi connectivity index (χ3v) is 2.04. The zero-order valence-electron chi connectivity index (χ0n) is 8.92. The first kappa shape index (κ1) is 14.7. The van der Waals surface area contributed by atoms with Crippen molar-refractivity contribution >= 4 is 11.7 Å². The molecule has 0 heterocycles. The van der Waals surface area contributed by atoms with Gasteiger partial charge in [0.2, 0.25) is 5.82 Å². The lowest BCUT2D eigenvalue weighted by atomic mass is 10.1. The lowest BCUT2D eigenvalue weighted by molar-refractivity contribution is -0.387. The fourth-order valence-electron chi connectivity index (χ4n) is 1.26. The summed E-state index contributed by atoms with van der Waals surface area (Å²) < 4.78 is 41.4. The van der Waals surface area contributed by atoms with E-state index in [-0.39, 0.29) is 0 Å². The van der Waals surface area contributed by atoms with Crippen molar-refractivity contribution < 1.29 is 37.8 Å². The van der Waals surface area contributed by atoms with Crippen LogP contribution in [-0.2, 0) is 4.79 Å². The molecule has 1 rings (SSSR count). The molecule has 0 aliphatic carbocycles. The van der Waals surface area contributed by atoms with Gasteiger partial charge in [0.1, 0.15) is 0 Å². The van der Waals surface area contributed by atoms with Crippen LogP contribution in [0.5, 0.6) is 5.75 Å². The van der Waals surface area contributed by atoms with Crippen LogP contribution in [0.1, 0.15) is 11.7 Å². The summed E-state index contributed by atoms with van der Waals surface area (Å²) in [5.41, 5.74) is -2.03. The first-order valence-electron chi connectivity index (χ1n) is 4.58. The third kappa shape index (κ3) is 3.10. The van der Waals surface area contributed by atoms with Crippen molar-refractivity contribution in [3.63, 3.8) is 0 Å². The van der Waals surface area contributed by atoms with Crippen molar-refractivity contribution in [1.29, 1.82) is 0 Å². The van der Waals surface area contributed by atoms with Crippen LogP contribution in [0.3, 0.4) is 0 Å². The van der Waals surface area contributed by atoms with Gasteiger partial charge in [0.15, 0.2) is 11.9 Å². The summed E-state index contributed by atoms with van der Waals surface area (Å²) in [6.07, 6.45) is -2.36. The molecule has 0 radical (unpaired) electrons. The molecule has 0 fully saturated rings. The van der Waals surface area contributed by atoms with E-state index in [1.165, 1.54) is 0 Å². The van der Waals surface area contributed by atoms with E-state index >= 15 is 0 Å². The van der Waals surface area contributed by atoms with E-state index in [9.17, 15) is 33.2 Å². The van der Waals surface area contributed by atoms with Crippen molar-refractivity contribution in [2.75, 3.05) is 0 Å². The van der Waals surface area contributed by atoms with Gasteiger partial charge >= 0.3 is 18.3 Å². The van der Waals surface area contributed by atoms with Gasteiger partial charge in [-0.3, -0.25) is 10.1 Å². The number of alkyl halides is 2. The van der Waals surface area contributed by atoms with Gasteiger partial charge in [0.25, 0.3) is 0 Å². The monoisotopic (exact) mass is 281 g/mol. The van der Waals surface area contributed by atoms with Crippen molar-refractivity contribution in [3.8, 4) is 5.75 Å². The summed E-state index contributed by atoms with van der Waals surface area (Å²) in [5, 5.41) is 28.1. The minimum Gasteiger partial charge on any atom is -0.479 e. The number of rotatable bonds is 5. The molecule has 1 aromatic carbocycles. The van der Waals surface area contributed by atoms with E-state index in [0.717, 1.165) is 0 Å². The quantitative estimate of drug-likeness (QED) is 0.624. The van der Waals surface area contributed by atoms with Crippen molar-refractivity contribution in [3.05, 3.63) is 33.6 Å². The topological polar surface area (TPSA) is 110 Å². The standard InChI is InChI=1S/C9H6F3NO6/c10-5-4(13(17)18)2-1-3(6(14)8(15)16)7(5)19-9(11)12/h1-2,6,9,14H,(H,15,16). The number of benzene rings is 1. The Morgan fingerprint density at radius 3 is 2.42 bits per heavy atom. The van der Waals surface area contributed by atoms with E-state index < -0.39 is 46.4 Å². The number of hydrogen-bond acceptors (Lipinski definition) is 5. The second-order valence-electron chi connectivity index (χ2n) is 3.19. The van der Waals surface area contributed by atoms with Crippen LogP contribution in [-0.4, -0.2) is 27.7 Å². The Morgan fingerprint density at radius 1 is 1.42 bits per heavy atom. The fourth-order valence-corrected chi connectivity index (χ4v) is 1.26. The Kier molecular flexibility index (Phi) is 4.27. The molecule has 0 saturated heterocycles. The smallest absolute Gasteiger partial charge is 0.387 e. The number of carboxylic acids is 1. The average Bonchev–Trinajstić information content (AvgIpc) is 2.29. The first-order chi connectivity index (χ1) is 8.75. The van der Waals surface area contributed by atoms with Crippen LogP contribution in [0.2, 0.25) is 0 Å². The van der Waals surface area contributed by atoms with Gasteiger partial charge in [-0.1, -0.05) is 0 Å². The summed E-state index contributed by atoms with van der Waals surface area (Å²) in [6, 6.07) is 1.16. The molecule has 0 saturated carbocycles. The Bertz CT molecular complexity index is 521. The number of ether oxygens (including phenoxy) is 1. The summed E-state index contributed by atoms with van der Waals surface area (Å²) in [6.45, 7) is -3.55. The van der Waals surface area contributed by atoms with Crippen LogP contribution in [0.15, 0.2) is 12.1 Å². The molecule has 1 aromatic rings. The van der Waals surface area contributed by atoms with Crippen molar-refractivity contribution in [2.45, 2.75) is 12.7 Å². The zero-order chi connectivity index (χ0) is 14.7. The number of nitro groups is 1. The van der Waals surface area contributed by atoms with Gasteiger partial charge < -0.3 is 14.9 Å². The molecule has 1 atom stereocenters. The number of aliphatic hydroxyl groups is 1. The molecule has 104 valence electrons. The van der Waals surface area contributed by atoms with Gasteiger partial charge in [0, 0.05) is 11.6 Å². The summed E-state index contributed by atoms with van der Waals surface area (Å²) >= 11 is 0. The zero-order valence-corrected chi connectivity index (χ0v) is 8.92. The number of carboxylic acid groups (broad SMARTS) is 1. The first-order valence-corrected chi connectivity index (χ1v) is 4.58. The number of nitrogens with zero attached hydrogens (tertiary/aromatic N) is 1. The Balaban J connectivity index is 3.43. The predicted molar refractivity (Wildman–Crippen MR) is 52.3 cm³/mol. The Morgan fingerprint density at radius 2 is 2.00 bits per heavy atom. The van der Waals surface area contributed by atoms with Crippen LogP contribution in [0.25, 0.3) is 0 Å². The third-order valence-electron chi connectivity index (χ3n) is 2.04. The molecule has 0 aliphatic rings. The normalized spacial score (nSPS) is 12.3. The number of aliphatic carboxylic acids is 1. The van der Waals surface area contributed by atoms with Gasteiger partial charge in [0.05, 0.1) is 4.92 Å². The highest BCUT2D eigenvalue weighted by Crippen LogP contribution is 2.35. The maximum atomic E-state index is 13.6. The number of carbonyl (C=O) groups is 1. The maximum absolute atomic E-state index is 13.6. The highest BCUT2D eigenvalue weighted by atomic mass is 19.3. The predicted octanol–water partition coefficient (Wildman–Crippen LogP) is 1.45. The molecule has 0 spiro atoms. The molecule has 0 aliphatic heterocycles. The van der Waals surface area contributed by atoms with Gasteiger partial charge in [-0.15, -0.1) is 0 Å². The SMILES string of the molecule is O=C(O)C(O)c1ccc([N+](=O)[O-])c(F)c1OC(F)F. The second kappa shape index (κ2) is 5.52. The number of halogens is 3. The summed E-state index contributed by atoms with van der Waals surface area (Å²) in [5.74, 6) is -5.02. The molecule has 19 heavy (non-hydrogen) atoms. The maximum Gasteiger partial charge on any atom is 0.387 e. The highest BCUT2D eigenvalue weighted by molar-refractivity contribution is 5.75. The Labute approximate surface area is 103 Å². The fraction of sp³-hybridized carbons (Fsp3) is 0.222. The molecule has 0 bridgehead atoms. The average molecular weight is 281 g/mol. The van der Waals surface area contributed by atoms with Crippen LogP contribution in [0.4, 0.5) is 18.9 Å². The van der Waals surface area contributed by atoms with Crippen LogP contribution in [0, 0.1) is 15.9 Å². The summed E-state index contributed by atoms with van der Waals surface area (Å²) in [4.78, 5) is 19.7. The van der Waals surface area contributed by atoms with Crippen LogP contribution >= 0.6 is 0 Å². The largest absolute Gasteiger partial charge is 0.479 e. The highest BCUT2D eigenvalue weighted by Gasteiger charge is 2.30. The van der Waals surface area contributed by atoms with E-state index in [1.54, 1.807) is 0 Å². The molecule has 0 aromatic heterocycles. The number of nitro benzene ring substituents is 1. The molecule has 2 N–H and O–H groups in total. The second-order valence-corrected chi connectivity index (χ2v) is 3.19. The summed E-state index contributed by atoms with van der Waals surface area (Å²) in [7, 11) is 0. The molecule has 0 amide bonds. The van der Waals surface area contributed by atoms with Crippen molar-refractivity contribution in [1.82, 2.24) is 0 Å². The lowest BCUT2D eigenvalue weighted by Gasteiger charge is -2.13. The number of hydrogen-bond donors (Lipinski definition) is 2.